The highest BCUT2D eigenvalue weighted by atomic mass is 35.5. The maximum atomic E-state index is 12.3. The van der Waals surface area contributed by atoms with Crippen LogP contribution in [0.3, 0.4) is 0 Å². The number of tetrazole rings is 1. The lowest BCUT2D eigenvalue weighted by atomic mass is 10.1. The molecule has 3 heterocycles. The van der Waals surface area contributed by atoms with Gasteiger partial charge in [-0.15, -0.1) is 0 Å². The lowest BCUT2D eigenvalue weighted by Crippen LogP contribution is -2.23. The van der Waals surface area contributed by atoms with Crippen LogP contribution in [-0.4, -0.2) is 34.7 Å². The smallest absolute Gasteiger partial charge is 0.368 e. The molecule has 0 aliphatic carbocycles. The first kappa shape index (κ1) is 20.7. The van der Waals surface area contributed by atoms with E-state index in [4.69, 9.17) is 16.3 Å². The van der Waals surface area contributed by atoms with Crippen LogP contribution >= 0.6 is 11.6 Å². The van der Waals surface area contributed by atoms with E-state index in [1.54, 1.807) is 19.4 Å². The van der Waals surface area contributed by atoms with Crippen LogP contribution in [0.2, 0.25) is 5.02 Å². The Morgan fingerprint density at radius 1 is 1.06 bits per heavy atom. The van der Waals surface area contributed by atoms with Crippen LogP contribution in [0.15, 0.2) is 41.5 Å². The van der Waals surface area contributed by atoms with E-state index in [1.165, 1.54) is 9.36 Å². The molecule has 0 N–H and O–H groups in total. The van der Waals surface area contributed by atoms with Gasteiger partial charge in [-0.25, -0.2) is 19.7 Å². The normalized spacial score (nSPS) is 11.0. The number of rotatable bonds is 5. The number of nitrogens with zero attached hydrogens (tertiary/aromatic N) is 7. The van der Waals surface area contributed by atoms with Crippen LogP contribution < -0.4 is 10.4 Å². The predicted octanol–water partition coefficient (Wildman–Crippen LogP) is 2.98. The van der Waals surface area contributed by atoms with Gasteiger partial charge in [-0.2, -0.15) is 9.36 Å². The first-order valence-corrected chi connectivity index (χ1v) is 9.89. The fourth-order valence-electron chi connectivity index (χ4n) is 3.19. The SMILES string of the molecule is Cc1cc(-c2ncc(Cl)cn2)c(C)nc1OCc1c(C)cccc1-n1nnn(C)c1=O. The summed E-state index contributed by atoms with van der Waals surface area (Å²) in [6, 6.07) is 7.57. The van der Waals surface area contributed by atoms with Gasteiger partial charge < -0.3 is 4.74 Å². The van der Waals surface area contributed by atoms with Gasteiger partial charge in [0.05, 0.1) is 16.4 Å². The zero-order valence-electron chi connectivity index (χ0n) is 17.5. The number of ether oxygens (including phenoxy) is 1. The molecular weight excluding hydrogens is 418 g/mol. The molecule has 4 rings (SSSR count). The van der Waals surface area contributed by atoms with Crippen molar-refractivity contribution in [2.75, 3.05) is 0 Å². The summed E-state index contributed by atoms with van der Waals surface area (Å²) in [5.41, 5.74) is 4.47. The largest absolute Gasteiger partial charge is 0.473 e. The molecule has 158 valence electrons. The Kier molecular flexibility index (Phi) is 5.51. The third-order valence-electron chi connectivity index (χ3n) is 4.91. The molecule has 4 aromatic rings. The van der Waals surface area contributed by atoms with Crippen LogP contribution in [0.25, 0.3) is 17.1 Å². The Labute approximate surface area is 183 Å². The maximum Gasteiger partial charge on any atom is 0.368 e. The molecule has 1 aromatic carbocycles. The molecule has 0 aliphatic rings. The van der Waals surface area contributed by atoms with Gasteiger partial charge in [0, 0.05) is 36.1 Å². The maximum absolute atomic E-state index is 12.3. The summed E-state index contributed by atoms with van der Waals surface area (Å²) in [4.78, 5) is 25.5. The number of hydrogen-bond donors (Lipinski definition) is 0. The first-order valence-electron chi connectivity index (χ1n) is 9.52. The van der Waals surface area contributed by atoms with E-state index in [0.717, 1.165) is 27.9 Å². The van der Waals surface area contributed by atoms with E-state index in [2.05, 4.69) is 25.4 Å². The highest BCUT2D eigenvalue weighted by Crippen LogP contribution is 2.27. The summed E-state index contributed by atoms with van der Waals surface area (Å²) in [6.45, 7) is 5.95. The molecule has 0 fully saturated rings. The molecule has 0 amide bonds. The second kappa shape index (κ2) is 8.27. The van der Waals surface area contributed by atoms with Gasteiger partial charge in [0.25, 0.3) is 0 Å². The van der Waals surface area contributed by atoms with Gasteiger partial charge in [-0.3, -0.25) is 0 Å². The van der Waals surface area contributed by atoms with E-state index >= 15 is 0 Å². The zero-order chi connectivity index (χ0) is 22.1. The molecule has 10 heteroatoms. The van der Waals surface area contributed by atoms with Crippen molar-refractivity contribution in [1.29, 1.82) is 0 Å². The van der Waals surface area contributed by atoms with E-state index in [1.807, 2.05) is 45.0 Å². The van der Waals surface area contributed by atoms with Crippen molar-refractivity contribution in [2.45, 2.75) is 27.4 Å². The number of halogens is 1. The molecule has 0 atom stereocenters. The molecule has 0 unspecified atom stereocenters. The minimum absolute atomic E-state index is 0.217. The van der Waals surface area contributed by atoms with Crippen molar-refractivity contribution in [1.82, 2.24) is 34.7 Å². The van der Waals surface area contributed by atoms with Crippen LogP contribution in [0, 0.1) is 20.8 Å². The molecular formula is C21H20ClN7O2. The Bertz CT molecular complexity index is 1310. The molecule has 0 radical (unpaired) electrons. The van der Waals surface area contributed by atoms with Crippen LogP contribution in [0.1, 0.15) is 22.4 Å². The topological polar surface area (TPSA) is 101 Å². The Balaban J connectivity index is 1.65. The quantitative estimate of drug-likeness (QED) is 0.473. The first-order chi connectivity index (χ1) is 14.8. The fourth-order valence-corrected chi connectivity index (χ4v) is 3.28. The number of hydrogen-bond acceptors (Lipinski definition) is 7. The fraction of sp³-hybridized carbons (Fsp3) is 0.238. The van der Waals surface area contributed by atoms with Crippen molar-refractivity contribution < 1.29 is 4.74 Å². The van der Waals surface area contributed by atoms with E-state index < -0.39 is 0 Å². The monoisotopic (exact) mass is 437 g/mol. The Morgan fingerprint density at radius 3 is 2.48 bits per heavy atom. The summed E-state index contributed by atoms with van der Waals surface area (Å²) in [6.07, 6.45) is 3.11. The second-order valence-corrected chi connectivity index (χ2v) is 7.56. The third-order valence-corrected chi connectivity index (χ3v) is 5.10. The standard InChI is InChI=1S/C21H20ClN7O2/c1-12-6-5-7-18(29-21(30)28(4)26-27-29)17(12)11-31-20-13(2)8-16(14(3)25-20)19-23-9-15(22)10-24-19/h5-10H,11H2,1-4H3. The summed E-state index contributed by atoms with van der Waals surface area (Å²) >= 11 is 5.88. The average molecular weight is 438 g/mol. The van der Waals surface area contributed by atoms with Gasteiger partial charge in [-0.1, -0.05) is 23.7 Å². The summed E-state index contributed by atoms with van der Waals surface area (Å²) in [5, 5.41) is 8.22. The van der Waals surface area contributed by atoms with Gasteiger partial charge in [-0.05, 0) is 48.9 Å². The van der Waals surface area contributed by atoms with E-state index in [0.29, 0.717) is 22.4 Å². The van der Waals surface area contributed by atoms with Crippen molar-refractivity contribution in [3.05, 3.63) is 74.6 Å². The lowest BCUT2D eigenvalue weighted by Gasteiger charge is -2.15. The van der Waals surface area contributed by atoms with E-state index in [9.17, 15) is 4.79 Å². The highest BCUT2D eigenvalue weighted by Gasteiger charge is 2.16. The predicted molar refractivity (Wildman–Crippen MR) is 115 cm³/mol. The van der Waals surface area contributed by atoms with Crippen LogP contribution in [-0.2, 0) is 13.7 Å². The van der Waals surface area contributed by atoms with Gasteiger partial charge in [0.2, 0.25) is 5.88 Å². The van der Waals surface area contributed by atoms with Crippen molar-refractivity contribution >= 4 is 11.6 Å². The summed E-state index contributed by atoms with van der Waals surface area (Å²) < 4.78 is 8.50. The van der Waals surface area contributed by atoms with E-state index in [-0.39, 0.29) is 12.3 Å². The average Bonchev–Trinajstić information content (AvgIpc) is 3.08. The Morgan fingerprint density at radius 2 is 1.81 bits per heavy atom. The molecule has 0 spiro atoms. The Hall–Kier alpha value is -3.59. The molecule has 3 aromatic heterocycles. The number of pyridine rings is 1. The lowest BCUT2D eigenvalue weighted by molar-refractivity contribution is 0.290. The molecule has 31 heavy (non-hydrogen) atoms. The molecule has 0 saturated heterocycles. The van der Waals surface area contributed by atoms with Crippen LogP contribution in [0.4, 0.5) is 0 Å². The second-order valence-electron chi connectivity index (χ2n) is 7.13. The number of aromatic nitrogens is 7. The van der Waals surface area contributed by atoms with Crippen molar-refractivity contribution in [3.8, 4) is 23.0 Å². The highest BCUT2D eigenvalue weighted by molar-refractivity contribution is 6.30. The van der Waals surface area contributed by atoms with Crippen LogP contribution in [0.5, 0.6) is 5.88 Å². The summed E-state index contributed by atoms with van der Waals surface area (Å²) in [5.74, 6) is 1.04. The molecule has 0 aliphatic heterocycles. The third kappa shape index (κ3) is 4.04. The molecule has 0 saturated carbocycles. The molecule has 9 nitrogen and oxygen atoms in total. The molecule has 0 bridgehead atoms. The number of aryl methyl sites for hydroxylation is 4. The van der Waals surface area contributed by atoms with Gasteiger partial charge >= 0.3 is 5.69 Å². The minimum Gasteiger partial charge on any atom is -0.473 e. The zero-order valence-corrected chi connectivity index (χ0v) is 18.3. The van der Waals surface area contributed by atoms with Crippen molar-refractivity contribution in [3.63, 3.8) is 0 Å². The van der Waals surface area contributed by atoms with Gasteiger partial charge in [0.1, 0.15) is 6.61 Å². The van der Waals surface area contributed by atoms with Gasteiger partial charge in [0.15, 0.2) is 5.82 Å². The minimum atomic E-state index is -0.329. The number of benzene rings is 1. The van der Waals surface area contributed by atoms with Crippen molar-refractivity contribution in [2.24, 2.45) is 7.05 Å². The summed E-state index contributed by atoms with van der Waals surface area (Å²) in [7, 11) is 1.56.